The zero-order valence-corrected chi connectivity index (χ0v) is 9.30. The van der Waals surface area contributed by atoms with Crippen molar-refractivity contribution in [2.75, 3.05) is 14.2 Å². The summed E-state index contributed by atoms with van der Waals surface area (Å²) in [6.07, 6.45) is 0. The van der Waals surface area contributed by atoms with Gasteiger partial charge >= 0.3 is 7.12 Å². The minimum atomic E-state index is -1.65. The van der Waals surface area contributed by atoms with Crippen LogP contribution in [0.2, 0.25) is 19.6 Å². The average Bonchev–Trinajstić information content (AvgIpc) is 1.97. The standard InChI is InChI=1S/C7H15BO3Si/c1-10-8(11-2)7(6-9)12(3,4)5/h1-5H3. The molecule has 0 spiro atoms. The molecular weight excluding hydrogens is 171 g/mol. The van der Waals surface area contributed by atoms with Gasteiger partial charge in [-0.25, -0.2) is 4.79 Å². The van der Waals surface area contributed by atoms with Crippen LogP contribution >= 0.6 is 0 Å². The summed E-state index contributed by atoms with van der Waals surface area (Å²) in [6, 6.07) is 0. The minimum Gasteiger partial charge on any atom is -0.410 e. The maximum absolute atomic E-state index is 10.6. The second-order valence-corrected chi connectivity index (χ2v) is 8.61. The third kappa shape index (κ3) is 2.95. The minimum absolute atomic E-state index is 0.519. The lowest BCUT2D eigenvalue weighted by Crippen LogP contribution is -2.38. The lowest BCUT2D eigenvalue weighted by atomic mass is 9.90. The summed E-state index contributed by atoms with van der Waals surface area (Å²) in [5.41, 5.74) is 0. The van der Waals surface area contributed by atoms with E-state index in [2.05, 4.69) is 19.6 Å². The van der Waals surface area contributed by atoms with Crippen molar-refractivity contribution in [3.05, 3.63) is 5.10 Å². The van der Waals surface area contributed by atoms with Crippen LogP contribution < -0.4 is 0 Å². The first-order chi connectivity index (χ1) is 5.47. The third-order valence-electron chi connectivity index (χ3n) is 1.58. The molecule has 0 N–H and O–H groups in total. The molecule has 0 bridgehead atoms. The van der Waals surface area contributed by atoms with Gasteiger partial charge in [-0.2, -0.15) is 0 Å². The topological polar surface area (TPSA) is 35.5 Å². The second kappa shape index (κ2) is 4.62. The normalized spacial score (nSPS) is 10.8. The van der Waals surface area contributed by atoms with Crippen LogP contribution in [0.1, 0.15) is 0 Å². The van der Waals surface area contributed by atoms with E-state index in [-0.39, 0.29) is 0 Å². The highest BCUT2D eigenvalue weighted by atomic mass is 28.3. The Morgan fingerprint density at radius 1 is 1.25 bits per heavy atom. The number of carbonyl (C=O) groups excluding carboxylic acids is 1. The van der Waals surface area contributed by atoms with Crippen molar-refractivity contribution in [3.8, 4) is 0 Å². The molecule has 0 aromatic rings. The number of hydrogen-bond acceptors (Lipinski definition) is 3. The Hall–Kier alpha value is -0.348. The summed E-state index contributed by atoms with van der Waals surface area (Å²) in [4.78, 5) is 10.6. The molecule has 0 radical (unpaired) electrons. The van der Waals surface area contributed by atoms with Gasteiger partial charge in [0.25, 0.3) is 0 Å². The van der Waals surface area contributed by atoms with Crippen LogP contribution in [-0.4, -0.2) is 35.4 Å². The Morgan fingerprint density at radius 3 is 1.75 bits per heavy atom. The molecule has 0 rings (SSSR count). The molecule has 0 heterocycles. The van der Waals surface area contributed by atoms with Crippen molar-refractivity contribution in [1.82, 2.24) is 0 Å². The van der Waals surface area contributed by atoms with Gasteiger partial charge in [0.1, 0.15) is 5.94 Å². The molecule has 0 aliphatic heterocycles. The van der Waals surface area contributed by atoms with Crippen molar-refractivity contribution in [2.45, 2.75) is 19.6 Å². The summed E-state index contributed by atoms with van der Waals surface area (Å²) < 4.78 is 9.98. The Labute approximate surface area is 74.9 Å². The molecule has 0 aliphatic rings. The van der Waals surface area contributed by atoms with Gasteiger partial charge in [-0.05, 0) is 0 Å². The van der Waals surface area contributed by atoms with Gasteiger partial charge < -0.3 is 9.31 Å². The molecule has 0 unspecified atom stereocenters. The van der Waals surface area contributed by atoms with Crippen LogP contribution in [0.3, 0.4) is 0 Å². The molecule has 3 nitrogen and oxygen atoms in total. The van der Waals surface area contributed by atoms with Gasteiger partial charge in [0.05, 0.1) is 8.07 Å². The Kier molecular flexibility index (Phi) is 4.49. The lowest BCUT2D eigenvalue weighted by Gasteiger charge is -2.20. The average molecular weight is 186 g/mol. The Morgan fingerprint density at radius 2 is 1.67 bits per heavy atom. The molecule has 0 aliphatic carbocycles. The molecule has 0 atom stereocenters. The van der Waals surface area contributed by atoms with Gasteiger partial charge in [-0.1, -0.05) is 19.6 Å². The summed E-state index contributed by atoms with van der Waals surface area (Å²) in [7, 11) is 0.871. The van der Waals surface area contributed by atoms with Crippen LogP contribution in [0, 0.1) is 0 Å². The van der Waals surface area contributed by atoms with E-state index < -0.39 is 15.2 Å². The predicted molar refractivity (Wildman–Crippen MR) is 52.3 cm³/mol. The van der Waals surface area contributed by atoms with Crippen molar-refractivity contribution < 1.29 is 14.1 Å². The Bertz CT molecular complexity index is 189. The van der Waals surface area contributed by atoms with E-state index in [1.807, 2.05) is 5.94 Å². The van der Waals surface area contributed by atoms with E-state index in [4.69, 9.17) is 9.31 Å². The van der Waals surface area contributed by atoms with Crippen LogP contribution in [0.15, 0.2) is 5.10 Å². The molecule has 68 valence electrons. The largest absolute Gasteiger partial charge is 0.496 e. The van der Waals surface area contributed by atoms with E-state index in [9.17, 15) is 4.79 Å². The monoisotopic (exact) mass is 186 g/mol. The molecule has 0 fully saturated rings. The molecule has 12 heavy (non-hydrogen) atoms. The van der Waals surface area contributed by atoms with Gasteiger partial charge in [0.15, 0.2) is 0 Å². The third-order valence-corrected chi connectivity index (χ3v) is 3.54. The first kappa shape index (κ1) is 11.7. The van der Waals surface area contributed by atoms with E-state index in [0.717, 1.165) is 0 Å². The highest BCUT2D eigenvalue weighted by Crippen LogP contribution is 2.14. The fraction of sp³-hybridized carbons (Fsp3) is 0.714. The van der Waals surface area contributed by atoms with Crippen LogP contribution in [-0.2, 0) is 14.1 Å². The fourth-order valence-electron chi connectivity index (χ4n) is 0.887. The summed E-state index contributed by atoms with van der Waals surface area (Å²) in [5.74, 6) is 1.92. The summed E-state index contributed by atoms with van der Waals surface area (Å²) in [5, 5.41) is 0.632. The zero-order valence-electron chi connectivity index (χ0n) is 8.30. The van der Waals surface area contributed by atoms with E-state index in [1.54, 1.807) is 0 Å². The molecule has 0 aromatic heterocycles. The van der Waals surface area contributed by atoms with Crippen LogP contribution in [0.4, 0.5) is 0 Å². The fourth-order valence-corrected chi connectivity index (χ4v) is 2.14. The van der Waals surface area contributed by atoms with Crippen molar-refractivity contribution in [3.63, 3.8) is 0 Å². The van der Waals surface area contributed by atoms with Crippen molar-refractivity contribution in [2.24, 2.45) is 0 Å². The highest BCUT2D eigenvalue weighted by molar-refractivity contribution is 6.96. The van der Waals surface area contributed by atoms with E-state index in [1.165, 1.54) is 14.2 Å². The molecular formula is C7H15BO3Si. The second-order valence-electron chi connectivity index (χ2n) is 3.57. The van der Waals surface area contributed by atoms with E-state index in [0.29, 0.717) is 5.10 Å². The highest BCUT2D eigenvalue weighted by Gasteiger charge is 2.33. The maximum atomic E-state index is 10.6. The molecule has 0 aromatic carbocycles. The molecule has 0 saturated carbocycles. The predicted octanol–water partition coefficient (Wildman–Crippen LogP) is 0.942. The molecule has 0 saturated heterocycles. The van der Waals surface area contributed by atoms with Crippen LogP contribution in [0.5, 0.6) is 0 Å². The van der Waals surface area contributed by atoms with Gasteiger partial charge in [-0.3, -0.25) is 0 Å². The van der Waals surface area contributed by atoms with E-state index >= 15 is 0 Å². The maximum Gasteiger partial charge on any atom is 0.496 e. The number of hydrogen-bond donors (Lipinski definition) is 0. The molecule has 0 amide bonds. The summed E-state index contributed by atoms with van der Waals surface area (Å²) >= 11 is 0. The van der Waals surface area contributed by atoms with Crippen molar-refractivity contribution in [1.29, 1.82) is 0 Å². The van der Waals surface area contributed by atoms with Crippen molar-refractivity contribution >= 4 is 21.1 Å². The summed E-state index contributed by atoms with van der Waals surface area (Å²) in [6.45, 7) is 6.16. The molecule has 5 heteroatoms. The lowest BCUT2D eigenvalue weighted by molar-refractivity contribution is 0.289. The first-order valence-electron chi connectivity index (χ1n) is 3.78. The van der Waals surface area contributed by atoms with Gasteiger partial charge in [0.2, 0.25) is 0 Å². The first-order valence-corrected chi connectivity index (χ1v) is 7.28. The van der Waals surface area contributed by atoms with Crippen LogP contribution in [0.25, 0.3) is 0 Å². The quantitative estimate of drug-likeness (QED) is 0.484. The Balaban J connectivity index is 4.68. The van der Waals surface area contributed by atoms with Gasteiger partial charge in [0, 0.05) is 19.3 Å². The smallest absolute Gasteiger partial charge is 0.410 e. The zero-order chi connectivity index (χ0) is 9.78. The van der Waals surface area contributed by atoms with Gasteiger partial charge in [-0.15, -0.1) is 0 Å². The number of rotatable bonds is 4. The SMILES string of the molecule is COB(OC)C(=C=O)[Si](C)(C)C.